The zero-order valence-corrected chi connectivity index (χ0v) is 9.51. The number of hydrogen-bond acceptors (Lipinski definition) is 4. The number of anilines is 1. The van der Waals surface area contributed by atoms with Crippen LogP contribution in [-0.4, -0.2) is 34.6 Å². The number of carbonyl (C=O) groups excluding carboxylic acids is 1. The van der Waals surface area contributed by atoms with Gasteiger partial charge in [-0.2, -0.15) is 0 Å². The Balaban J connectivity index is 2.94. The maximum absolute atomic E-state index is 11.5. The van der Waals surface area contributed by atoms with Gasteiger partial charge in [-0.15, -0.1) is 0 Å². The monoisotopic (exact) mass is 239 g/mol. The molecule has 0 spiro atoms. The molecule has 1 rings (SSSR count). The average Bonchev–Trinajstić information content (AvgIpc) is 2.30. The van der Waals surface area contributed by atoms with Gasteiger partial charge in [0.05, 0.1) is 10.6 Å². The van der Waals surface area contributed by atoms with E-state index < -0.39 is 11.0 Å². The second-order valence-electron chi connectivity index (χ2n) is 3.40. The van der Waals surface area contributed by atoms with Crippen LogP contribution in [-0.2, 0) is 0 Å². The van der Waals surface area contributed by atoms with Crippen molar-refractivity contribution in [3.63, 3.8) is 0 Å². The van der Waals surface area contributed by atoms with Crippen LogP contribution >= 0.6 is 0 Å². The molecule has 17 heavy (non-hydrogen) atoms. The van der Waals surface area contributed by atoms with Crippen molar-refractivity contribution in [2.24, 2.45) is 0 Å². The molecule has 92 valence electrons. The van der Waals surface area contributed by atoms with Crippen LogP contribution in [0.15, 0.2) is 18.2 Å². The lowest BCUT2D eigenvalue weighted by molar-refractivity contribution is -0.384. The molecule has 0 atom stereocenters. The smallest absolute Gasteiger partial charge is 0.321 e. The summed E-state index contributed by atoms with van der Waals surface area (Å²) in [6, 6.07) is 2.99. The van der Waals surface area contributed by atoms with Gasteiger partial charge < -0.3 is 15.3 Å². The summed E-state index contributed by atoms with van der Waals surface area (Å²) in [7, 11) is 1.57. The van der Waals surface area contributed by atoms with Gasteiger partial charge >= 0.3 is 6.03 Å². The SMILES string of the molecule is CCN(C)C(=O)Nc1cc([N+](=O)[O-])ccc1O. The molecule has 0 heterocycles. The van der Waals surface area contributed by atoms with Gasteiger partial charge in [-0.05, 0) is 13.0 Å². The number of aromatic hydroxyl groups is 1. The first-order valence-corrected chi connectivity index (χ1v) is 4.95. The predicted octanol–water partition coefficient (Wildman–Crippen LogP) is 1.78. The van der Waals surface area contributed by atoms with E-state index in [1.165, 1.54) is 11.0 Å². The van der Waals surface area contributed by atoms with Gasteiger partial charge in [0.1, 0.15) is 5.75 Å². The van der Waals surface area contributed by atoms with E-state index in [9.17, 15) is 20.0 Å². The molecule has 0 radical (unpaired) electrons. The molecule has 0 saturated heterocycles. The summed E-state index contributed by atoms with van der Waals surface area (Å²) in [5.74, 6) is -0.214. The van der Waals surface area contributed by atoms with Crippen molar-refractivity contribution >= 4 is 17.4 Å². The molecule has 0 fully saturated rings. The van der Waals surface area contributed by atoms with Crippen LogP contribution in [0.3, 0.4) is 0 Å². The first kappa shape index (κ1) is 12.8. The molecule has 7 heteroatoms. The minimum absolute atomic E-state index is 0.0181. The van der Waals surface area contributed by atoms with Crippen molar-refractivity contribution in [3.8, 4) is 5.75 Å². The molecule has 7 nitrogen and oxygen atoms in total. The largest absolute Gasteiger partial charge is 0.506 e. The maximum atomic E-state index is 11.5. The lowest BCUT2D eigenvalue weighted by Gasteiger charge is -2.15. The molecule has 2 N–H and O–H groups in total. The number of carbonyl (C=O) groups is 1. The molecule has 0 saturated carbocycles. The first-order valence-electron chi connectivity index (χ1n) is 4.95. The van der Waals surface area contributed by atoms with Gasteiger partial charge in [0.2, 0.25) is 0 Å². The number of urea groups is 1. The van der Waals surface area contributed by atoms with Crippen LogP contribution in [0.1, 0.15) is 6.92 Å². The zero-order valence-electron chi connectivity index (χ0n) is 9.51. The van der Waals surface area contributed by atoms with Crippen molar-refractivity contribution < 1.29 is 14.8 Å². The highest BCUT2D eigenvalue weighted by Gasteiger charge is 2.13. The lowest BCUT2D eigenvalue weighted by Crippen LogP contribution is -2.30. The highest BCUT2D eigenvalue weighted by molar-refractivity contribution is 5.91. The highest BCUT2D eigenvalue weighted by Crippen LogP contribution is 2.27. The van der Waals surface area contributed by atoms with Gasteiger partial charge in [0.25, 0.3) is 5.69 Å². The fourth-order valence-electron chi connectivity index (χ4n) is 1.09. The minimum Gasteiger partial charge on any atom is -0.506 e. The van der Waals surface area contributed by atoms with Crippen LogP contribution in [0.25, 0.3) is 0 Å². The Morgan fingerprint density at radius 2 is 2.24 bits per heavy atom. The molecular formula is C10H13N3O4. The van der Waals surface area contributed by atoms with Gasteiger partial charge in [0.15, 0.2) is 0 Å². The third-order valence-corrected chi connectivity index (χ3v) is 2.25. The van der Waals surface area contributed by atoms with Crippen LogP contribution in [0.2, 0.25) is 0 Å². The Morgan fingerprint density at radius 3 is 2.76 bits per heavy atom. The summed E-state index contributed by atoms with van der Waals surface area (Å²) in [5.41, 5.74) is -0.179. The van der Waals surface area contributed by atoms with E-state index in [4.69, 9.17) is 0 Å². The van der Waals surface area contributed by atoms with Gasteiger partial charge in [0, 0.05) is 25.7 Å². The molecule has 1 aromatic carbocycles. The highest BCUT2D eigenvalue weighted by atomic mass is 16.6. The number of nitrogens with one attached hydrogen (secondary N) is 1. The predicted molar refractivity (Wildman–Crippen MR) is 62.1 cm³/mol. The summed E-state index contributed by atoms with van der Waals surface area (Å²) >= 11 is 0. The Kier molecular flexibility index (Phi) is 3.86. The van der Waals surface area contributed by atoms with Crippen LogP contribution < -0.4 is 5.32 Å². The van der Waals surface area contributed by atoms with Gasteiger partial charge in [-0.1, -0.05) is 0 Å². The average molecular weight is 239 g/mol. The summed E-state index contributed by atoms with van der Waals surface area (Å²) in [6.07, 6.45) is 0. The molecule has 1 aromatic rings. The van der Waals surface area contributed by atoms with Crippen molar-refractivity contribution in [1.82, 2.24) is 4.90 Å². The van der Waals surface area contributed by atoms with Gasteiger partial charge in [-0.25, -0.2) is 4.79 Å². The molecule has 0 aliphatic carbocycles. The first-order chi connectivity index (χ1) is 7.95. The molecule has 0 aromatic heterocycles. The zero-order chi connectivity index (χ0) is 13.0. The van der Waals surface area contributed by atoms with E-state index in [0.717, 1.165) is 12.1 Å². The number of rotatable bonds is 3. The molecule has 0 unspecified atom stereocenters. The normalized spacial score (nSPS) is 9.76. The number of amides is 2. The minimum atomic E-state index is -0.599. The number of non-ortho nitro benzene ring substituents is 1. The van der Waals surface area contributed by atoms with Gasteiger partial charge in [-0.3, -0.25) is 10.1 Å². The summed E-state index contributed by atoms with van der Waals surface area (Å²) in [5, 5.41) is 22.4. The Hall–Kier alpha value is -2.31. The van der Waals surface area contributed by atoms with Crippen LogP contribution in [0, 0.1) is 10.1 Å². The lowest BCUT2D eigenvalue weighted by atomic mass is 10.2. The fourth-order valence-corrected chi connectivity index (χ4v) is 1.09. The van der Waals surface area contributed by atoms with Crippen LogP contribution in [0.4, 0.5) is 16.2 Å². The Labute approximate surface area is 97.8 Å². The van der Waals surface area contributed by atoms with Crippen molar-refractivity contribution in [3.05, 3.63) is 28.3 Å². The Bertz CT molecular complexity index is 447. The summed E-state index contributed by atoms with van der Waals surface area (Å²) in [6.45, 7) is 2.27. The van der Waals surface area contributed by atoms with Crippen molar-refractivity contribution in [2.45, 2.75) is 6.92 Å². The second kappa shape index (κ2) is 5.15. The number of nitro groups is 1. The van der Waals surface area contributed by atoms with E-state index in [-0.39, 0.29) is 17.1 Å². The number of nitrogens with zero attached hydrogens (tertiary/aromatic N) is 2. The number of phenols is 1. The van der Waals surface area contributed by atoms with Crippen molar-refractivity contribution in [2.75, 3.05) is 18.9 Å². The number of nitro benzene ring substituents is 1. The molecule has 0 aliphatic rings. The number of phenolic OH excluding ortho intramolecular Hbond substituents is 1. The topological polar surface area (TPSA) is 95.7 Å². The molecule has 0 aliphatic heterocycles. The molecule has 0 bridgehead atoms. The quantitative estimate of drug-likeness (QED) is 0.477. The maximum Gasteiger partial charge on any atom is 0.321 e. The number of hydrogen-bond donors (Lipinski definition) is 2. The van der Waals surface area contributed by atoms with E-state index in [1.54, 1.807) is 14.0 Å². The third kappa shape index (κ3) is 3.07. The third-order valence-electron chi connectivity index (χ3n) is 2.25. The number of benzene rings is 1. The summed E-state index contributed by atoms with van der Waals surface area (Å²) < 4.78 is 0. The van der Waals surface area contributed by atoms with E-state index in [1.807, 2.05) is 0 Å². The molecule has 2 amide bonds. The van der Waals surface area contributed by atoms with E-state index in [2.05, 4.69) is 5.32 Å². The van der Waals surface area contributed by atoms with E-state index >= 15 is 0 Å². The standard InChI is InChI=1S/C10H13N3O4/c1-3-12(2)10(15)11-8-6-7(13(16)17)4-5-9(8)14/h4-6,14H,3H2,1-2H3,(H,11,15). The Morgan fingerprint density at radius 1 is 1.59 bits per heavy atom. The fraction of sp³-hybridized carbons (Fsp3) is 0.300. The van der Waals surface area contributed by atoms with Crippen LogP contribution in [0.5, 0.6) is 5.75 Å². The van der Waals surface area contributed by atoms with Crippen molar-refractivity contribution in [1.29, 1.82) is 0 Å². The summed E-state index contributed by atoms with van der Waals surface area (Å²) in [4.78, 5) is 22.8. The second-order valence-corrected chi connectivity index (χ2v) is 3.40. The van der Waals surface area contributed by atoms with E-state index in [0.29, 0.717) is 6.54 Å². The molecular weight excluding hydrogens is 226 g/mol.